The van der Waals surface area contributed by atoms with E-state index in [-0.39, 0.29) is 6.61 Å². The van der Waals surface area contributed by atoms with Crippen molar-refractivity contribution in [1.29, 1.82) is 0 Å². The SMILES string of the molecule is [O-][P+]1(OCCI)OCc2ccccc2O1. The van der Waals surface area contributed by atoms with Crippen molar-refractivity contribution in [2.24, 2.45) is 0 Å². The fourth-order valence-electron chi connectivity index (χ4n) is 1.22. The van der Waals surface area contributed by atoms with Crippen molar-refractivity contribution in [3.63, 3.8) is 0 Å². The lowest BCUT2D eigenvalue weighted by Crippen LogP contribution is -2.25. The third kappa shape index (κ3) is 2.79. The lowest BCUT2D eigenvalue weighted by Gasteiger charge is -2.29. The molecule has 0 spiro atoms. The Labute approximate surface area is 102 Å². The average molecular weight is 340 g/mol. The van der Waals surface area contributed by atoms with Crippen molar-refractivity contribution in [3.05, 3.63) is 29.8 Å². The molecule has 15 heavy (non-hydrogen) atoms. The molecule has 0 aromatic heterocycles. The number of phosphoric ester groups is 1. The Bertz CT molecular complexity index is 349. The number of phosphoric acid groups is 1. The second kappa shape index (κ2) is 4.93. The van der Waals surface area contributed by atoms with E-state index in [9.17, 15) is 4.89 Å². The van der Waals surface area contributed by atoms with Gasteiger partial charge >= 0.3 is 8.17 Å². The Balaban J connectivity index is 2.10. The second-order valence-corrected chi connectivity index (χ2v) is 5.61. The van der Waals surface area contributed by atoms with E-state index in [1.807, 2.05) is 18.2 Å². The number of alkyl halides is 1. The van der Waals surface area contributed by atoms with Crippen LogP contribution in [0, 0.1) is 0 Å². The maximum Gasteiger partial charge on any atom is 0.429 e. The molecule has 0 N–H and O–H groups in total. The molecule has 6 heteroatoms. The van der Waals surface area contributed by atoms with Gasteiger partial charge < -0.3 is 4.89 Å². The molecule has 0 aliphatic carbocycles. The van der Waals surface area contributed by atoms with Gasteiger partial charge in [0, 0.05) is 9.99 Å². The maximum absolute atomic E-state index is 11.9. The van der Waals surface area contributed by atoms with Gasteiger partial charge in [-0.05, 0) is 6.07 Å². The molecule has 1 aliphatic heterocycles. The third-order valence-corrected chi connectivity index (χ3v) is 3.69. The molecule has 0 saturated carbocycles. The van der Waals surface area contributed by atoms with Gasteiger partial charge in [0.2, 0.25) is 0 Å². The van der Waals surface area contributed by atoms with Crippen LogP contribution in [-0.4, -0.2) is 11.0 Å². The molecule has 1 aromatic carbocycles. The molecule has 0 fully saturated rings. The van der Waals surface area contributed by atoms with Crippen molar-refractivity contribution >= 4 is 30.8 Å². The molecule has 2 rings (SSSR count). The Morgan fingerprint density at radius 1 is 1.47 bits per heavy atom. The summed E-state index contributed by atoms with van der Waals surface area (Å²) in [6.45, 7) is 0.634. The Morgan fingerprint density at radius 3 is 3.07 bits per heavy atom. The van der Waals surface area contributed by atoms with E-state index in [0.29, 0.717) is 12.4 Å². The third-order valence-electron chi connectivity index (χ3n) is 1.89. The van der Waals surface area contributed by atoms with Crippen LogP contribution in [-0.2, 0) is 15.7 Å². The van der Waals surface area contributed by atoms with E-state index >= 15 is 0 Å². The molecule has 82 valence electrons. The quantitative estimate of drug-likeness (QED) is 0.480. The summed E-state index contributed by atoms with van der Waals surface area (Å²) in [5, 5.41) is 0. The first-order valence-corrected chi connectivity index (χ1v) is 7.45. The van der Waals surface area contributed by atoms with Crippen LogP contribution in [0.3, 0.4) is 0 Å². The first-order valence-electron chi connectivity index (χ1n) is 4.46. The van der Waals surface area contributed by atoms with E-state index < -0.39 is 8.17 Å². The van der Waals surface area contributed by atoms with Crippen molar-refractivity contribution < 1.29 is 18.5 Å². The number of hydrogen-bond acceptors (Lipinski definition) is 4. The minimum atomic E-state index is -3.37. The fourth-order valence-corrected chi connectivity index (χ4v) is 3.00. The van der Waals surface area contributed by atoms with E-state index in [2.05, 4.69) is 22.6 Å². The summed E-state index contributed by atoms with van der Waals surface area (Å²) in [6.07, 6.45) is 0. The predicted octanol–water partition coefficient (Wildman–Crippen LogP) is 2.09. The van der Waals surface area contributed by atoms with E-state index in [1.165, 1.54) is 0 Å². The molecule has 1 unspecified atom stereocenters. The zero-order chi connectivity index (χ0) is 10.7. The maximum atomic E-state index is 11.9. The summed E-state index contributed by atoms with van der Waals surface area (Å²) in [4.78, 5) is 11.9. The van der Waals surface area contributed by atoms with E-state index in [1.54, 1.807) is 6.07 Å². The topological polar surface area (TPSA) is 50.8 Å². The summed E-state index contributed by atoms with van der Waals surface area (Å²) in [5.41, 5.74) is 0.891. The average Bonchev–Trinajstić information content (AvgIpc) is 2.26. The first-order chi connectivity index (χ1) is 7.23. The highest BCUT2D eigenvalue weighted by Crippen LogP contribution is 2.57. The number of para-hydroxylation sites is 1. The molecule has 0 saturated heterocycles. The van der Waals surface area contributed by atoms with E-state index in [4.69, 9.17) is 13.6 Å². The fraction of sp³-hybridized carbons (Fsp3) is 0.333. The van der Waals surface area contributed by atoms with Crippen molar-refractivity contribution in [2.75, 3.05) is 11.0 Å². The largest absolute Gasteiger partial charge is 0.598 e. The molecule has 0 bridgehead atoms. The second-order valence-electron chi connectivity index (χ2n) is 2.94. The van der Waals surface area contributed by atoms with Crippen LogP contribution in [0.5, 0.6) is 5.75 Å². The number of rotatable bonds is 3. The van der Waals surface area contributed by atoms with Gasteiger partial charge in [0.05, 0.1) is 0 Å². The van der Waals surface area contributed by atoms with Crippen LogP contribution in [0.25, 0.3) is 0 Å². The Kier molecular flexibility index (Phi) is 3.79. The van der Waals surface area contributed by atoms with Crippen LogP contribution >= 0.6 is 30.8 Å². The van der Waals surface area contributed by atoms with Crippen LogP contribution in [0.4, 0.5) is 0 Å². The summed E-state index contributed by atoms with van der Waals surface area (Å²) >= 11 is 2.13. The summed E-state index contributed by atoms with van der Waals surface area (Å²) in [7, 11) is -3.37. The zero-order valence-electron chi connectivity index (χ0n) is 7.89. The van der Waals surface area contributed by atoms with Crippen LogP contribution in [0.1, 0.15) is 5.56 Å². The van der Waals surface area contributed by atoms with Gasteiger partial charge in [-0.25, -0.2) is 0 Å². The van der Waals surface area contributed by atoms with Gasteiger partial charge in [-0.15, -0.1) is 0 Å². The number of hydrogen-bond donors (Lipinski definition) is 0. The molecular weight excluding hydrogens is 330 g/mol. The van der Waals surface area contributed by atoms with Gasteiger partial charge in [0.25, 0.3) is 0 Å². The minimum Gasteiger partial charge on any atom is -0.598 e. The van der Waals surface area contributed by atoms with Crippen LogP contribution < -0.4 is 9.42 Å². The monoisotopic (exact) mass is 340 g/mol. The molecular formula is C9H10IO4P. The summed E-state index contributed by atoms with van der Waals surface area (Å²) in [6, 6.07) is 7.34. The number of fused-ring (bicyclic) bond motifs is 1. The normalized spacial score (nSPS) is 24.4. The van der Waals surface area contributed by atoms with Gasteiger partial charge in [-0.3, -0.25) is 4.52 Å². The van der Waals surface area contributed by atoms with E-state index in [0.717, 1.165) is 9.99 Å². The summed E-state index contributed by atoms with van der Waals surface area (Å²) < 4.78 is 16.2. The van der Waals surface area contributed by atoms with Crippen molar-refractivity contribution in [2.45, 2.75) is 6.61 Å². The summed E-state index contributed by atoms with van der Waals surface area (Å²) in [5.74, 6) is 0.584. The zero-order valence-corrected chi connectivity index (χ0v) is 10.9. The van der Waals surface area contributed by atoms with Crippen LogP contribution in [0.2, 0.25) is 0 Å². The Hall–Kier alpha value is 0.0600. The first kappa shape index (κ1) is 11.5. The van der Waals surface area contributed by atoms with Crippen molar-refractivity contribution in [1.82, 2.24) is 0 Å². The molecule has 4 nitrogen and oxygen atoms in total. The molecule has 1 aromatic rings. The molecule has 1 heterocycles. The number of halogens is 1. The highest BCUT2D eigenvalue weighted by atomic mass is 127. The van der Waals surface area contributed by atoms with Gasteiger partial charge in [0.15, 0.2) is 5.75 Å². The molecule has 1 aliphatic rings. The lowest BCUT2D eigenvalue weighted by atomic mass is 10.2. The predicted molar refractivity (Wildman–Crippen MR) is 63.6 cm³/mol. The molecule has 0 radical (unpaired) electrons. The van der Waals surface area contributed by atoms with Crippen LogP contribution in [0.15, 0.2) is 24.3 Å². The Morgan fingerprint density at radius 2 is 2.27 bits per heavy atom. The van der Waals surface area contributed by atoms with Gasteiger partial charge in [0.1, 0.15) is 13.2 Å². The molecule has 1 atom stereocenters. The smallest absolute Gasteiger partial charge is 0.429 e. The molecule has 0 amide bonds. The van der Waals surface area contributed by atoms with Gasteiger partial charge in [-0.2, -0.15) is 9.05 Å². The van der Waals surface area contributed by atoms with Gasteiger partial charge in [-0.1, -0.05) is 40.8 Å². The lowest BCUT2D eigenvalue weighted by molar-refractivity contribution is -0.242. The van der Waals surface area contributed by atoms with Crippen molar-refractivity contribution in [3.8, 4) is 5.75 Å². The standard InChI is InChI=1S/C9H10IO4P/c10-5-6-12-15(11)13-7-8-3-1-2-4-9(8)14-15/h1-4H,5-7H2. The minimum absolute atomic E-state index is 0.273. The highest BCUT2D eigenvalue weighted by molar-refractivity contribution is 14.1. The highest BCUT2D eigenvalue weighted by Gasteiger charge is 2.39. The number of benzene rings is 1.